The molecule has 0 saturated carbocycles. The molecule has 1 heterocycles. The van der Waals surface area contributed by atoms with E-state index in [0.717, 1.165) is 50.7 Å². The van der Waals surface area contributed by atoms with Gasteiger partial charge in [0.25, 0.3) is 0 Å². The summed E-state index contributed by atoms with van der Waals surface area (Å²) in [5.74, 6) is 2.52. The van der Waals surface area contributed by atoms with E-state index in [1.807, 2.05) is 19.2 Å². The van der Waals surface area contributed by atoms with Crippen molar-refractivity contribution < 1.29 is 4.74 Å². The number of nitrogens with zero attached hydrogens (tertiary/aromatic N) is 3. The molecular weight excluding hydrogens is 312 g/mol. The fourth-order valence-corrected chi connectivity index (χ4v) is 3.24. The highest BCUT2D eigenvalue weighted by Gasteiger charge is 2.23. The molecule has 5 heteroatoms. The molecule has 1 aromatic carbocycles. The van der Waals surface area contributed by atoms with Crippen molar-refractivity contribution >= 4 is 11.6 Å². The van der Waals surface area contributed by atoms with Gasteiger partial charge in [-0.2, -0.15) is 0 Å². The van der Waals surface area contributed by atoms with E-state index in [1.165, 1.54) is 12.1 Å². The lowest BCUT2D eigenvalue weighted by Crippen LogP contribution is -2.41. The fourth-order valence-electron chi connectivity index (χ4n) is 3.24. The second-order valence-corrected chi connectivity index (χ2v) is 6.58. The summed E-state index contributed by atoms with van der Waals surface area (Å²) in [5.41, 5.74) is 1.24. The number of nitrogens with one attached hydrogen (secondary N) is 1. The van der Waals surface area contributed by atoms with Gasteiger partial charge < -0.3 is 19.9 Å². The smallest absolute Gasteiger partial charge is 0.193 e. The van der Waals surface area contributed by atoms with Gasteiger partial charge in [-0.05, 0) is 37.3 Å². The third-order valence-corrected chi connectivity index (χ3v) is 4.73. The molecule has 1 atom stereocenters. The average molecular weight is 345 g/mol. The number of anilines is 1. The van der Waals surface area contributed by atoms with Crippen LogP contribution >= 0.6 is 0 Å². The molecule has 0 bridgehead atoms. The summed E-state index contributed by atoms with van der Waals surface area (Å²) < 4.78 is 5.33. The van der Waals surface area contributed by atoms with Crippen LogP contribution in [-0.2, 0) is 0 Å². The molecular formula is C20H32N4O. The van der Waals surface area contributed by atoms with Crippen LogP contribution < -0.4 is 15.0 Å². The monoisotopic (exact) mass is 344 g/mol. The van der Waals surface area contributed by atoms with Gasteiger partial charge in [-0.15, -0.1) is 6.58 Å². The lowest BCUT2D eigenvalue weighted by molar-refractivity contribution is 0.415. The Morgan fingerprint density at radius 1 is 1.52 bits per heavy atom. The van der Waals surface area contributed by atoms with E-state index in [4.69, 9.17) is 4.74 Å². The van der Waals surface area contributed by atoms with Crippen LogP contribution in [0, 0.1) is 5.92 Å². The van der Waals surface area contributed by atoms with Crippen molar-refractivity contribution in [3.8, 4) is 5.75 Å². The molecule has 25 heavy (non-hydrogen) atoms. The van der Waals surface area contributed by atoms with Crippen molar-refractivity contribution in [3.63, 3.8) is 0 Å². The highest BCUT2D eigenvalue weighted by molar-refractivity contribution is 5.79. The van der Waals surface area contributed by atoms with E-state index < -0.39 is 0 Å². The van der Waals surface area contributed by atoms with E-state index in [9.17, 15) is 0 Å². The van der Waals surface area contributed by atoms with Crippen molar-refractivity contribution in [3.05, 3.63) is 36.9 Å². The van der Waals surface area contributed by atoms with Crippen molar-refractivity contribution in [2.75, 3.05) is 52.3 Å². The van der Waals surface area contributed by atoms with Gasteiger partial charge in [-0.3, -0.25) is 4.99 Å². The standard InChI is InChI=1S/C20H32N4O/c1-5-6-7-12-23(3)20(21-2)22-15-17-11-13-24(16-17)18-9-8-10-19(14-18)25-4/h5,8-10,14,17H,1,6-7,11-13,15-16H2,2-4H3,(H,21,22). The summed E-state index contributed by atoms with van der Waals surface area (Å²) in [7, 11) is 5.66. The molecule has 0 aliphatic carbocycles. The van der Waals surface area contributed by atoms with E-state index in [-0.39, 0.29) is 0 Å². The van der Waals surface area contributed by atoms with E-state index in [1.54, 1.807) is 7.11 Å². The zero-order valence-corrected chi connectivity index (χ0v) is 15.9. The summed E-state index contributed by atoms with van der Waals surface area (Å²) in [4.78, 5) is 9.03. The number of hydrogen-bond donors (Lipinski definition) is 1. The van der Waals surface area contributed by atoms with Crippen molar-refractivity contribution in [2.45, 2.75) is 19.3 Å². The number of allylic oxidation sites excluding steroid dienone is 1. The predicted molar refractivity (Wildman–Crippen MR) is 107 cm³/mol. The van der Waals surface area contributed by atoms with Gasteiger partial charge in [0, 0.05) is 52.0 Å². The van der Waals surface area contributed by atoms with E-state index in [2.05, 4.69) is 51.9 Å². The molecule has 1 fully saturated rings. The molecule has 1 unspecified atom stereocenters. The first-order valence-electron chi connectivity index (χ1n) is 9.09. The van der Waals surface area contributed by atoms with E-state index in [0.29, 0.717) is 5.92 Å². The quantitative estimate of drug-likeness (QED) is 0.341. The Morgan fingerprint density at radius 2 is 2.36 bits per heavy atom. The van der Waals surface area contributed by atoms with E-state index >= 15 is 0 Å². The van der Waals surface area contributed by atoms with Gasteiger partial charge in [-0.25, -0.2) is 0 Å². The minimum Gasteiger partial charge on any atom is -0.497 e. The summed E-state index contributed by atoms with van der Waals surface area (Å²) in [6, 6.07) is 8.32. The lowest BCUT2D eigenvalue weighted by atomic mass is 10.1. The van der Waals surface area contributed by atoms with Crippen LogP contribution in [0.3, 0.4) is 0 Å². The Hall–Kier alpha value is -2.17. The summed E-state index contributed by atoms with van der Waals surface area (Å²) in [5, 5.41) is 3.53. The molecule has 1 aromatic rings. The van der Waals surface area contributed by atoms with Gasteiger partial charge in [0.15, 0.2) is 5.96 Å². The fraction of sp³-hybridized carbons (Fsp3) is 0.550. The molecule has 1 saturated heterocycles. The SMILES string of the molecule is C=CCCCN(C)C(=NC)NCC1CCN(c2cccc(OC)c2)C1. The van der Waals surface area contributed by atoms with Crippen LogP contribution in [0.1, 0.15) is 19.3 Å². The predicted octanol–water partition coefficient (Wildman–Crippen LogP) is 2.99. The van der Waals surface area contributed by atoms with Crippen molar-refractivity contribution in [2.24, 2.45) is 10.9 Å². The van der Waals surface area contributed by atoms with Gasteiger partial charge in [-0.1, -0.05) is 12.1 Å². The average Bonchev–Trinajstić information content (AvgIpc) is 3.11. The molecule has 2 rings (SSSR count). The van der Waals surface area contributed by atoms with Crippen molar-refractivity contribution in [1.29, 1.82) is 0 Å². The molecule has 5 nitrogen and oxygen atoms in total. The number of guanidine groups is 1. The van der Waals surface area contributed by atoms with Gasteiger partial charge in [0.05, 0.1) is 7.11 Å². The first-order valence-corrected chi connectivity index (χ1v) is 9.09. The first kappa shape index (κ1) is 19.2. The largest absolute Gasteiger partial charge is 0.497 e. The number of aliphatic imine (C=N–C) groups is 1. The second kappa shape index (κ2) is 9.97. The molecule has 1 aliphatic rings. The summed E-state index contributed by atoms with van der Waals surface area (Å²) in [6.45, 7) is 7.88. The maximum Gasteiger partial charge on any atom is 0.193 e. The number of ether oxygens (including phenoxy) is 1. The number of rotatable bonds is 8. The molecule has 138 valence electrons. The molecule has 0 spiro atoms. The third-order valence-electron chi connectivity index (χ3n) is 4.73. The third kappa shape index (κ3) is 5.69. The highest BCUT2D eigenvalue weighted by Crippen LogP contribution is 2.26. The molecule has 0 aromatic heterocycles. The Balaban J connectivity index is 1.80. The summed E-state index contributed by atoms with van der Waals surface area (Å²) >= 11 is 0. The minimum atomic E-state index is 0.629. The van der Waals surface area contributed by atoms with Gasteiger partial charge in [0.2, 0.25) is 0 Å². The van der Waals surface area contributed by atoms with Gasteiger partial charge >= 0.3 is 0 Å². The Morgan fingerprint density at radius 3 is 3.08 bits per heavy atom. The maximum absolute atomic E-state index is 5.33. The number of unbranched alkanes of at least 4 members (excludes halogenated alkanes) is 1. The molecule has 1 aliphatic heterocycles. The molecule has 0 amide bonds. The van der Waals surface area contributed by atoms with Crippen LogP contribution in [0.4, 0.5) is 5.69 Å². The maximum atomic E-state index is 5.33. The number of methoxy groups -OCH3 is 1. The first-order chi connectivity index (χ1) is 12.2. The molecule has 0 radical (unpaired) electrons. The highest BCUT2D eigenvalue weighted by atomic mass is 16.5. The Labute approximate surface area is 152 Å². The van der Waals surface area contributed by atoms with Crippen LogP contribution in [0.25, 0.3) is 0 Å². The van der Waals surface area contributed by atoms with Crippen molar-refractivity contribution in [1.82, 2.24) is 10.2 Å². The zero-order chi connectivity index (χ0) is 18.1. The van der Waals surface area contributed by atoms with Gasteiger partial charge in [0.1, 0.15) is 5.75 Å². The lowest BCUT2D eigenvalue weighted by Gasteiger charge is -2.24. The minimum absolute atomic E-state index is 0.629. The second-order valence-electron chi connectivity index (χ2n) is 6.58. The number of benzene rings is 1. The van der Waals surface area contributed by atoms with Crippen LogP contribution in [-0.4, -0.2) is 58.2 Å². The zero-order valence-electron chi connectivity index (χ0n) is 15.9. The normalized spacial score (nSPS) is 17.5. The molecule has 1 N–H and O–H groups in total. The Bertz CT molecular complexity index is 573. The summed E-state index contributed by atoms with van der Waals surface area (Å²) in [6.07, 6.45) is 5.31. The van der Waals surface area contributed by atoms with Crippen LogP contribution in [0.5, 0.6) is 5.75 Å². The van der Waals surface area contributed by atoms with Crippen LogP contribution in [0.15, 0.2) is 41.9 Å². The van der Waals surface area contributed by atoms with Crippen LogP contribution in [0.2, 0.25) is 0 Å². The topological polar surface area (TPSA) is 40.1 Å². The Kier molecular flexibility index (Phi) is 7.64. The number of hydrogen-bond acceptors (Lipinski definition) is 3.